The van der Waals surface area contributed by atoms with E-state index < -0.39 is 0 Å². The number of amides is 2. The third-order valence-corrected chi connectivity index (χ3v) is 4.03. The Morgan fingerprint density at radius 3 is 2.11 bits per heavy atom. The Balaban J connectivity index is 2.21. The summed E-state index contributed by atoms with van der Waals surface area (Å²) in [7, 11) is 6.06. The SMILES string of the molecule is COc1ccc(N(CC(=O)Nc2ccc(OC)c(OC)c2)C(C)=O)c(OC)c1. The van der Waals surface area contributed by atoms with Crippen molar-refractivity contribution in [3.63, 3.8) is 0 Å². The molecular weight excluding hydrogens is 364 g/mol. The molecule has 0 aliphatic carbocycles. The third kappa shape index (κ3) is 4.85. The van der Waals surface area contributed by atoms with E-state index in [1.165, 1.54) is 40.3 Å². The van der Waals surface area contributed by atoms with E-state index in [9.17, 15) is 9.59 Å². The fraction of sp³-hybridized carbons (Fsp3) is 0.300. The molecule has 1 N–H and O–H groups in total. The molecular formula is C20H24N2O6. The van der Waals surface area contributed by atoms with Gasteiger partial charge in [0.1, 0.15) is 18.0 Å². The third-order valence-electron chi connectivity index (χ3n) is 4.03. The summed E-state index contributed by atoms with van der Waals surface area (Å²) >= 11 is 0. The number of nitrogens with one attached hydrogen (secondary N) is 1. The number of anilines is 2. The number of hydrogen-bond donors (Lipinski definition) is 1. The molecule has 2 aromatic rings. The summed E-state index contributed by atoms with van der Waals surface area (Å²) < 4.78 is 20.9. The fourth-order valence-electron chi connectivity index (χ4n) is 2.63. The van der Waals surface area contributed by atoms with Gasteiger partial charge in [-0.3, -0.25) is 14.5 Å². The summed E-state index contributed by atoms with van der Waals surface area (Å²) in [5, 5.41) is 2.75. The summed E-state index contributed by atoms with van der Waals surface area (Å²) in [5.41, 5.74) is 0.992. The molecule has 0 atom stereocenters. The van der Waals surface area contributed by atoms with Crippen LogP contribution in [-0.2, 0) is 9.59 Å². The van der Waals surface area contributed by atoms with Gasteiger partial charge in [-0.15, -0.1) is 0 Å². The number of rotatable bonds is 8. The van der Waals surface area contributed by atoms with Gasteiger partial charge in [-0.1, -0.05) is 0 Å². The molecule has 0 aliphatic heterocycles. The van der Waals surface area contributed by atoms with Crippen LogP contribution in [-0.4, -0.2) is 46.8 Å². The predicted molar refractivity (Wildman–Crippen MR) is 106 cm³/mol. The van der Waals surface area contributed by atoms with E-state index in [-0.39, 0.29) is 18.4 Å². The van der Waals surface area contributed by atoms with Gasteiger partial charge in [0.05, 0.1) is 34.1 Å². The Hall–Kier alpha value is -3.42. The second-order valence-electron chi connectivity index (χ2n) is 5.76. The summed E-state index contributed by atoms with van der Waals surface area (Å²) in [6.45, 7) is 1.19. The van der Waals surface area contributed by atoms with Crippen molar-refractivity contribution in [3.05, 3.63) is 36.4 Å². The van der Waals surface area contributed by atoms with Crippen LogP contribution in [0.3, 0.4) is 0 Å². The Labute approximate surface area is 163 Å². The van der Waals surface area contributed by atoms with Crippen molar-refractivity contribution >= 4 is 23.2 Å². The molecule has 0 bridgehead atoms. The number of methoxy groups -OCH3 is 4. The van der Waals surface area contributed by atoms with Gasteiger partial charge in [0.25, 0.3) is 0 Å². The highest BCUT2D eigenvalue weighted by atomic mass is 16.5. The zero-order valence-corrected chi connectivity index (χ0v) is 16.6. The lowest BCUT2D eigenvalue weighted by Gasteiger charge is -2.23. The van der Waals surface area contributed by atoms with Crippen LogP contribution in [0.1, 0.15) is 6.92 Å². The molecule has 8 heteroatoms. The Bertz CT molecular complexity index is 853. The number of carbonyl (C=O) groups is 2. The highest BCUT2D eigenvalue weighted by Gasteiger charge is 2.20. The van der Waals surface area contributed by atoms with Crippen LogP contribution in [0.5, 0.6) is 23.0 Å². The molecule has 2 aromatic carbocycles. The first-order valence-electron chi connectivity index (χ1n) is 8.45. The molecule has 0 aliphatic rings. The summed E-state index contributed by atoms with van der Waals surface area (Å²) in [6.07, 6.45) is 0. The van der Waals surface area contributed by atoms with E-state index in [0.717, 1.165) is 0 Å². The maximum atomic E-state index is 12.5. The summed E-state index contributed by atoms with van der Waals surface area (Å²) in [4.78, 5) is 26.0. The smallest absolute Gasteiger partial charge is 0.244 e. The predicted octanol–water partition coefficient (Wildman–Crippen LogP) is 2.71. The minimum Gasteiger partial charge on any atom is -0.497 e. The van der Waals surface area contributed by atoms with Crippen LogP contribution in [0.15, 0.2) is 36.4 Å². The average Bonchev–Trinajstić information content (AvgIpc) is 2.71. The number of hydrogen-bond acceptors (Lipinski definition) is 6. The molecule has 28 heavy (non-hydrogen) atoms. The largest absolute Gasteiger partial charge is 0.497 e. The van der Waals surface area contributed by atoms with E-state index >= 15 is 0 Å². The van der Waals surface area contributed by atoms with Crippen LogP contribution in [0.2, 0.25) is 0 Å². The van der Waals surface area contributed by atoms with Crippen molar-refractivity contribution in [3.8, 4) is 23.0 Å². The van der Waals surface area contributed by atoms with Crippen molar-refractivity contribution in [2.24, 2.45) is 0 Å². The van der Waals surface area contributed by atoms with Gasteiger partial charge in [0.2, 0.25) is 11.8 Å². The lowest BCUT2D eigenvalue weighted by Crippen LogP contribution is -2.36. The standard InChI is InChI=1S/C20H24N2O6/c1-13(23)22(16-8-7-15(25-2)11-18(16)27-4)12-20(24)21-14-6-9-17(26-3)19(10-14)28-5/h6-11H,12H2,1-5H3,(H,21,24). The first-order valence-corrected chi connectivity index (χ1v) is 8.45. The second kappa shape index (κ2) is 9.50. The minimum atomic E-state index is -0.375. The number of carbonyl (C=O) groups excluding carboxylic acids is 2. The molecule has 2 amide bonds. The highest BCUT2D eigenvalue weighted by Crippen LogP contribution is 2.33. The van der Waals surface area contributed by atoms with Crippen LogP contribution in [0, 0.1) is 0 Å². The van der Waals surface area contributed by atoms with Crippen molar-refractivity contribution < 1.29 is 28.5 Å². The van der Waals surface area contributed by atoms with Crippen LogP contribution < -0.4 is 29.2 Å². The van der Waals surface area contributed by atoms with Gasteiger partial charge in [0.15, 0.2) is 11.5 Å². The normalized spacial score (nSPS) is 10.0. The first-order chi connectivity index (χ1) is 13.4. The Morgan fingerprint density at radius 1 is 0.857 bits per heavy atom. The van der Waals surface area contributed by atoms with Gasteiger partial charge >= 0.3 is 0 Å². The maximum Gasteiger partial charge on any atom is 0.244 e. The molecule has 0 saturated heterocycles. The van der Waals surface area contributed by atoms with E-state index in [1.807, 2.05) is 0 Å². The quantitative estimate of drug-likeness (QED) is 0.748. The van der Waals surface area contributed by atoms with Gasteiger partial charge in [-0.05, 0) is 24.3 Å². The summed E-state index contributed by atoms with van der Waals surface area (Å²) in [5.74, 6) is 1.37. The van der Waals surface area contributed by atoms with Gasteiger partial charge < -0.3 is 24.3 Å². The topological polar surface area (TPSA) is 86.3 Å². The molecule has 0 unspecified atom stereocenters. The molecule has 0 aromatic heterocycles. The molecule has 2 rings (SSSR count). The van der Waals surface area contributed by atoms with Crippen LogP contribution >= 0.6 is 0 Å². The van der Waals surface area contributed by atoms with Gasteiger partial charge in [-0.25, -0.2) is 0 Å². The molecule has 0 fully saturated rings. The lowest BCUT2D eigenvalue weighted by molar-refractivity contribution is -0.120. The zero-order chi connectivity index (χ0) is 20.7. The molecule has 0 spiro atoms. The van der Waals surface area contributed by atoms with Crippen molar-refractivity contribution in [2.45, 2.75) is 6.92 Å². The fourth-order valence-corrected chi connectivity index (χ4v) is 2.63. The van der Waals surface area contributed by atoms with E-state index in [4.69, 9.17) is 18.9 Å². The van der Waals surface area contributed by atoms with E-state index in [0.29, 0.717) is 34.4 Å². The number of benzene rings is 2. The Morgan fingerprint density at radius 2 is 1.54 bits per heavy atom. The molecule has 150 valence electrons. The number of ether oxygens (including phenoxy) is 4. The van der Waals surface area contributed by atoms with Crippen molar-refractivity contribution in [1.29, 1.82) is 0 Å². The average molecular weight is 388 g/mol. The molecule has 0 saturated carbocycles. The monoisotopic (exact) mass is 388 g/mol. The number of nitrogens with zero attached hydrogens (tertiary/aromatic N) is 1. The molecule has 8 nitrogen and oxygen atoms in total. The van der Waals surface area contributed by atoms with Crippen molar-refractivity contribution in [2.75, 3.05) is 45.2 Å². The van der Waals surface area contributed by atoms with Crippen LogP contribution in [0.4, 0.5) is 11.4 Å². The highest BCUT2D eigenvalue weighted by molar-refractivity contribution is 6.02. The molecule has 0 heterocycles. The van der Waals surface area contributed by atoms with Gasteiger partial charge in [0, 0.05) is 24.7 Å². The minimum absolute atomic E-state index is 0.188. The van der Waals surface area contributed by atoms with Crippen molar-refractivity contribution in [1.82, 2.24) is 0 Å². The van der Waals surface area contributed by atoms with E-state index in [1.54, 1.807) is 36.4 Å². The van der Waals surface area contributed by atoms with E-state index in [2.05, 4.69) is 5.32 Å². The van der Waals surface area contributed by atoms with Gasteiger partial charge in [-0.2, -0.15) is 0 Å². The Kier molecular flexibility index (Phi) is 7.08. The second-order valence-corrected chi connectivity index (χ2v) is 5.76. The zero-order valence-electron chi connectivity index (χ0n) is 16.6. The lowest BCUT2D eigenvalue weighted by atomic mass is 10.2. The molecule has 0 radical (unpaired) electrons. The maximum absolute atomic E-state index is 12.5. The van der Waals surface area contributed by atoms with Crippen LogP contribution in [0.25, 0.3) is 0 Å². The first kappa shape index (κ1) is 20.9. The summed E-state index contributed by atoms with van der Waals surface area (Å²) in [6, 6.07) is 10.0.